The minimum Gasteiger partial charge on any atom is -0.468 e. The van der Waals surface area contributed by atoms with E-state index in [1.54, 1.807) is 0 Å². The van der Waals surface area contributed by atoms with Gasteiger partial charge < -0.3 is 9.15 Å². The first-order valence-electron chi connectivity index (χ1n) is 7.01. The van der Waals surface area contributed by atoms with Gasteiger partial charge in [-0.3, -0.25) is 4.79 Å². The van der Waals surface area contributed by atoms with Gasteiger partial charge in [0, 0.05) is 25.3 Å². The van der Waals surface area contributed by atoms with E-state index in [2.05, 4.69) is 26.8 Å². The number of ether oxygens (including phenoxy) is 1. The summed E-state index contributed by atoms with van der Waals surface area (Å²) in [6.45, 7) is 7.67. The van der Waals surface area contributed by atoms with Gasteiger partial charge in [0.1, 0.15) is 11.9 Å². The Labute approximate surface area is 120 Å². The van der Waals surface area contributed by atoms with Gasteiger partial charge in [-0.25, -0.2) is 0 Å². The quantitative estimate of drug-likeness (QED) is 0.576. The topological polar surface area (TPSA) is 39.4 Å². The van der Waals surface area contributed by atoms with Crippen molar-refractivity contribution in [3.8, 4) is 0 Å². The highest BCUT2D eigenvalue weighted by molar-refractivity contribution is 5.66. The van der Waals surface area contributed by atoms with Crippen LogP contribution in [0.1, 0.15) is 44.1 Å². The third-order valence-corrected chi connectivity index (χ3v) is 3.60. The maximum absolute atomic E-state index is 11.2. The maximum Gasteiger partial charge on any atom is 0.303 e. The van der Waals surface area contributed by atoms with Crippen LogP contribution in [-0.4, -0.2) is 12.1 Å². The maximum atomic E-state index is 11.2. The summed E-state index contributed by atoms with van der Waals surface area (Å²) in [7, 11) is 0. The molecule has 1 aliphatic carbocycles. The normalized spacial score (nSPS) is 19.7. The van der Waals surface area contributed by atoms with Crippen molar-refractivity contribution >= 4 is 5.97 Å². The lowest BCUT2D eigenvalue weighted by molar-refractivity contribution is -0.144. The number of aryl methyl sites for hydroxylation is 1. The molecular formula is C17H22O3. The Morgan fingerprint density at radius 1 is 1.30 bits per heavy atom. The third-order valence-electron chi connectivity index (χ3n) is 3.60. The highest BCUT2D eigenvalue weighted by Gasteiger charge is 2.16. The number of furan rings is 1. The molecule has 1 aromatic rings. The van der Waals surface area contributed by atoms with Crippen molar-refractivity contribution in [1.29, 1.82) is 0 Å². The first-order valence-corrected chi connectivity index (χ1v) is 7.01. The van der Waals surface area contributed by atoms with Crippen molar-refractivity contribution in [2.75, 3.05) is 0 Å². The molecule has 3 heteroatoms. The van der Waals surface area contributed by atoms with E-state index >= 15 is 0 Å². The molecule has 0 saturated heterocycles. The van der Waals surface area contributed by atoms with E-state index in [0.29, 0.717) is 0 Å². The molecule has 0 fully saturated rings. The van der Waals surface area contributed by atoms with E-state index in [1.807, 2.05) is 12.3 Å². The second-order valence-corrected chi connectivity index (χ2v) is 5.62. The molecule has 2 rings (SSSR count). The number of allylic oxidation sites excluding steroid dienone is 2. The van der Waals surface area contributed by atoms with Gasteiger partial charge in [0.15, 0.2) is 0 Å². The molecule has 1 aromatic heterocycles. The predicted octanol–water partition coefficient (Wildman–Crippen LogP) is 3.90. The van der Waals surface area contributed by atoms with Crippen LogP contribution in [0.4, 0.5) is 0 Å². The zero-order valence-corrected chi connectivity index (χ0v) is 12.7. The van der Waals surface area contributed by atoms with Crippen LogP contribution >= 0.6 is 0 Å². The van der Waals surface area contributed by atoms with E-state index in [1.165, 1.54) is 29.2 Å². The van der Waals surface area contributed by atoms with Gasteiger partial charge in [0.2, 0.25) is 0 Å². The van der Waals surface area contributed by atoms with Crippen molar-refractivity contribution in [2.24, 2.45) is 0 Å². The van der Waals surface area contributed by atoms with Gasteiger partial charge in [-0.15, -0.1) is 0 Å². The number of carbonyl (C=O) groups is 1. The Morgan fingerprint density at radius 3 is 2.75 bits per heavy atom. The van der Waals surface area contributed by atoms with Gasteiger partial charge >= 0.3 is 5.97 Å². The first-order chi connectivity index (χ1) is 9.45. The monoisotopic (exact) mass is 274 g/mol. The van der Waals surface area contributed by atoms with Crippen molar-refractivity contribution in [2.45, 2.75) is 53.1 Å². The largest absolute Gasteiger partial charge is 0.468 e. The Kier molecular flexibility index (Phi) is 4.48. The molecule has 0 amide bonds. The summed E-state index contributed by atoms with van der Waals surface area (Å²) < 4.78 is 11.0. The minimum absolute atomic E-state index is 0.179. The molecule has 0 bridgehead atoms. The molecule has 0 unspecified atom stereocenters. The standard InChI is InChI=1S/C17H22O3/c1-11-5-6-16-13(3)10-19-17(16)9-12(2)8-15(7-11)20-14(4)18/h5,8,10,15H,6-7,9H2,1-4H3/t15-/m0/s1. The van der Waals surface area contributed by atoms with Crippen LogP contribution in [-0.2, 0) is 22.4 Å². The van der Waals surface area contributed by atoms with E-state index in [4.69, 9.17) is 9.15 Å². The number of carbonyl (C=O) groups excluding carboxylic acids is 1. The fourth-order valence-corrected chi connectivity index (χ4v) is 2.60. The lowest BCUT2D eigenvalue weighted by Gasteiger charge is -2.16. The lowest BCUT2D eigenvalue weighted by atomic mass is 9.97. The summed E-state index contributed by atoms with van der Waals surface area (Å²) >= 11 is 0. The molecule has 0 radical (unpaired) electrons. The summed E-state index contributed by atoms with van der Waals surface area (Å²) in [6, 6.07) is 0. The summed E-state index contributed by atoms with van der Waals surface area (Å²) in [4.78, 5) is 11.2. The van der Waals surface area contributed by atoms with Crippen LogP contribution in [0.2, 0.25) is 0 Å². The second-order valence-electron chi connectivity index (χ2n) is 5.62. The molecule has 1 aliphatic rings. The van der Waals surface area contributed by atoms with Crippen molar-refractivity contribution in [3.05, 3.63) is 46.4 Å². The van der Waals surface area contributed by atoms with Gasteiger partial charge in [-0.1, -0.05) is 17.2 Å². The number of hydrogen-bond acceptors (Lipinski definition) is 3. The van der Waals surface area contributed by atoms with Gasteiger partial charge in [0.05, 0.1) is 6.26 Å². The lowest BCUT2D eigenvalue weighted by Crippen LogP contribution is -2.15. The highest BCUT2D eigenvalue weighted by atomic mass is 16.5. The van der Waals surface area contributed by atoms with Crippen LogP contribution in [0, 0.1) is 6.92 Å². The molecule has 0 N–H and O–H groups in total. The number of esters is 1. The average molecular weight is 274 g/mol. The van der Waals surface area contributed by atoms with Crippen LogP contribution in [0.25, 0.3) is 0 Å². The Hall–Kier alpha value is -1.77. The van der Waals surface area contributed by atoms with E-state index in [9.17, 15) is 4.79 Å². The summed E-state index contributed by atoms with van der Waals surface area (Å²) in [5.41, 5.74) is 4.88. The molecule has 0 aliphatic heterocycles. The molecule has 108 valence electrons. The SMILES string of the molecule is CC(=O)O[C@@H]1C=C(C)Cc2occ(C)c2CC=C(C)C1. The fourth-order valence-electron chi connectivity index (χ4n) is 2.60. The Bertz CT molecular complexity index is 561. The Balaban J connectivity index is 2.33. The van der Waals surface area contributed by atoms with Crippen LogP contribution in [0.3, 0.4) is 0 Å². The van der Waals surface area contributed by atoms with Crippen molar-refractivity contribution in [3.63, 3.8) is 0 Å². The van der Waals surface area contributed by atoms with Crippen LogP contribution in [0.5, 0.6) is 0 Å². The van der Waals surface area contributed by atoms with Crippen LogP contribution < -0.4 is 0 Å². The Morgan fingerprint density at radius 2 is 2.05 bits per heavy atom. The summed E-state index contributed by atoms with van der Waals surface area (Å²) in [5.74, 6) is 0.780. The molecule has 0 spiro atoms. The third kappa shape index (κ3) is 3.62. The minimum atomic E-state index is -0.238. The van der Waals surface area contributed by atoms with Crippen molar-refractivity contribution < 1.29 is 13.9 Å². The number of hydrogen-bond donors (Lipinski definition) is 0. The first kappa shape index (κ1) is 14.6. The second kappa shape index (κ2) is 6.12. The summed E-state index contributed by atoms with van der Waals surface area (Å²) in [6.07, 6.45) is 8.28. The van der Waals surface area contributed by atoms with Crippen LogP contribution in [0.15, 0.2) is 34.0 Å². The fraction of sp³-hybridized carbons (Fsp3) is 0.471. The smallest absolute Gasteiger partial charge is 0.303 e. The molecule has 0 saturated carbocycles. The molecule has 1 heterocycles. The number of fused-ring (bicyclic) bond motifs is 1. The molecule has 3 nitrogen and oxygen atoms in total. The van der Waals surface area contributed by atoms with Crippen molar-refractivity contribution in [1.82, 2.24) is 0 Å². The van der Waals surface area contributed by atoms with Gasteiger partial charge in [0.25, 0.3) is 0 Å². The molecular weight excluding hydrogens is 252 g/mol. The zero-order chi connectivity index (χ0) is 14.7. The molecule has 0 aromatic carbocycles. The highest BCUT2D eigenvalue weighted by Crippen LogP contribution is 2.24. The van der Waals surface area contributed by atoms with Gasteiger partial charge in [-0.05, 0) is 38.8 Å². The van der Waals surface area contributed by atoms with Gasteiger partial charge in [-0.2, -0.15) is 0 Å². The zero-order valence-electron chi connectivity index (χ0n) is 12.7. The molecule has 20 heavy (non-hydrogen) atoms. The molecule has 1 atom stereocenters. The summed E-state index contributed by atoms with van der Waals surface area (Å²) in [5, 5.41) is 0. The number of rotatable bonds is 1. The average Bonchev–Trinajstić information content (AvgIpc) is 2.66. The predicted molar refractivity (Wildman–Crippen MR) is 78.5 cm³/mol. The van der Waals surface area contributed by atoms with E-state index in [0.717, 1.165) is 25.0 Å². The van der Waals surface area contributed by atoms with E-state index in [-0.39, 0.29) is 12.1 Å². The van der Waals surface area contributed by atoms with E-state index < -0.39 is 0 Å².